The number of carbonyl (C=O) groups is 2. The lowest BCUT2D eigenvalue weighted by Crippen LogP contribution is -2.41. The molecule has 21 heavy (non-hydrogen) atoms. The molecular weight excluding hydrogens is 268 g/mol. The van der Waals surface area contributed by atoms with Crippen LogP contribution in [0.1, 0.15) is 43.0 Å². The molecule has 1 aromatic carbocycles. The van der Waals surface area contributed by atoms with Crippen molar-refractivity contribution >= 4 is 17.7 Å². The zero-order valence-electron chi connectivity index (χ0n) is 12.3. The molecule has 1 aliphatic rings. The molecule has 0 radical (unpaired) electrons. The number of urea groups is 1. The number of nitrogens with zero attached hydrogens (tertiary/aromatic N) is 1. The fourth-order valence-corrected chi connectivity index (χ4v) is 2.77. The summed E-state index contributed by atoms with van der Waals surface area (Å²) in [6.07, 6.45) is 4.53. The summed E-state index contributed by atoms with van der Waals surface area (Å²) < 4.78 is 0. The molecule has 0 bridgehead atoms. The van der Waals surface area contributed by atoms with E-state index in [1.807, 2.05) is 0 Å². The Labute approximate surface area is 125 Å². The predicted octanol–water partition coefficient (Wildman–Crippen LogP) is 3.43. The molecule has 5 nitrogen and oxygen atoms in total. The van der Waals surface area contributed by atoms with Gasteiger partial charge in [0, 0.05) is 18.8 Å². The zero-order valence-corrected chi connectivity index (χ0v) is 12.3. The van der Waals surface area contributed by atoms with E-state index >= 15 is 0 Å². The van der Waals surface area contributed by atoms with E-state index < -0.39 is 5.97 Å². The first-order valence-electron chi connectivity index (χ1n) is 7.49. The van der Waals surface area contributed by atoms with Crippen molar-refractivity contribution in [2.24, 2.45) is 5.92 Å². The smallest absolute Gasteiger partial charge is 0.335 e. The van der Waals surface area contributed by atoms with Crippen molar-refractivity contribution in [3.05, 3.63) is 29.8 Å². The van der Waals surface area contributed by atoms with Gasteiger partial charge >= 0.3 is 12.0 Å². The largest absolute Gasteiger partial charge is 0.478 e. The highest BCUT2D eigenvalue weighted by atomic mass is 16.4. The van der Waals surface area contributed by atoms with Gasteiger partial charge in [-0.05, 0) is 37.0 Å². The van der Waals surface area contributed by atoms with Crippen molar-refractivity contribution in [1.29, 1.82) is 0 Å². The van der Waals surface area contributed by atoms with Gasteiger partial charge in [0.25, 0.3) is 0 Å². The van der Waals surface area contributed by atoms with Crippen molar-refractivity contribution in [2.45, 2.75) is 32.6 Å². The molecule has 1 aromatic rings. The number of anilines is 1. The predicted molar refractivity (Wildman–Crippen MR) is 81.6 cm³/mol. The molecule has 1 fully saturated rings. The summed E-state index contributed by atoms with van der Waals surface area (Å²) >= 11 is 0. The molecule has 114 valence electrons. The SMILES string of the molecule is CCCC1CCN(C(=O)Nc2cccc(C(=O)O)c2)CC1. The Balaban J connectivity index is 1.90. The third-order valence-electron chi connectivity index (χ3n) is 3.96. The van der Waals surface area contributed by atoms with Crippen LogP contribution >= 0.6 is 0 Å². The minimum absolute atomic E-state index is 0.146. The average Bonchev–Trinajstić information content (AvgIpc) is 2.48. The third kappa shape index (κ3) is 4.21. The summed E-state index contributed by atoms with van der Waals surface area (Å²) in [7, 11) is 0. The quantitative estimate of drug-likeness (QED) is 0.892. The molecule has 0 aromatic heterocycles. The van der Waals surface area contributed by atoms with Gasteiger partial charge in [0.1, 0.15) is 0 Å². The Bertz CT molecular complexity index is 508. The van der Waals surface area contributed by atoms with Crippen LogP contribution in [-0.2, 0) is 0 Å². The highest BCUT2D eigenvalue weighted by Crippen LogP contribution is 2.22. The van der Waals surface area contributed by atoms with Crippen LogP contribution in [0.4, 0.5) is 10.5 Å². The first-order chi connectivity index (χ1) is 10.1. The molecule has 2 amide bonds. The molecule has 0 atom stereocenters. The van der Waals surface area contributed by atoms with Crippen LogP contribution in [0.25, 0.3) is 0 Å². The van der Waals surface area contributed by atoms with Gasteiger partial charge in [0.15, 0.2) is 0 Å². The molecule has 1 heterocycles. The molecule has 0 saturated carbocycles. The maximum atomic E-state index is 12.2. The Kier molecular flexibility index (Phi) is 5.20. The van der Waals surface area contributed by atoms with Gasteiger partial charge in [-0.1, -0.05) is 25.8 Å². The highest BCUT2D eigenvalue weighted by Gasteiger charge is 2.22. The van der Waals surface area contributed by atoms with E-state index in [0.717, 1.165) is 31.8 Å². The maximum absolute atomic E-state index is 12.2. The second-order valence-electron chi connectivity index (χ2n) is 5.54. The van der Waals surface area contributed by atoms with Crippen molar-refractivity contribution < 1.29 is 14.7 Å². The van der Waals surface area contributed by atoms with Crippen molar-refractivity contribution in [1.82, 2.24) is 4.90 Å². The first kappa shape index (κ1) is 15.4. The number of aromatic carboxylic acids is 1. The third-order valence-corrected chi connectivity index (χ3v) is 3.96. The van der Waals surface area contributed by atoms with Crippen LogP contribution in [-0.4, -0.2) is 35.1 Å². The number of hydrogen-bond donors (Lipinski definition) is 2. The Morgan fingerprint density at radius 1 is 1.33 bits per heavy atom. The van der Waals surface area contributed by atoms with Crippen molar-refractivity contribution in [2.75, 3.05) is 18.4 Å². The average molecular weight is 290 g/mol. The molecular formula is C16H22N2O3. The minimum atomic E-state index is -0.994. The monoisotopic (exact) mass is 290 g/mol. The van der Waals surface area contributed by atoms with E-state index in [0.29, 0.717) is 5.69 Å². The normalized spacial score (nSPS) is 15.8. The van der Waals surface area contributed by atoms with Gasteiger partial charge in [-0.2, -0.15) is 0 Å². The number of benzene rings is 1. The molecule has 0 unspecified atom stereocenters. The zero-order chi connectivity index (χ0) is 15.2. The fourth-order valence-electron chi connectivity index (χ4n) is 2.77. The first-order valence-corrected chi connectivity index (χ1v) is 7.49. The number of piperidine rings is 1. The summed E-state index contributed by atoms with van der Waals surface area (Å²) in [4.78, 5) is 24.9. The number of likely N-dealkylation sites (tertiary alicyclic amines) is 1. The van der Waals surface area contributed by atoms with Gasteiger partial charge in [-0.15, -0.1) is 0 Å². The van der Waals surface area contributed by atoms with Crippen molar-refractivity contribution in [3.8, 4) is 0 Å². The Hall–Kier alpha value is -2.04. The Morgan fingerprint density at radius 3 is 2.67 bits per heavy atom. The van der Waals surface area contributed by atoms with E-state index in [9.17, 15) is 9.59 Å². The molecule has 0 aliphatic carbocycles. The number of amides is 2. The second kappa shape index (κ2) is 7.11. The van der Waals surface area contributed by atoms with Crippen LogP contribution in [0.3, 0.4) is 0 Å². The van der Waals surface area contributed by atoms with Gasteiger partial charge < -0.3 is 15.3 Å². The van der Waals surface area contributed by atoms with E-state index in [1.165, 1.54) is 25.0 Å². The molecule has 2 N–H and O–H groups in total. The summed E-state index contributed by atoms with van der Waals surface area (Å²) in [6, 6.07) is 6.17. The van der Waals surface area contributed by atoms with E-state index in [4.69, 9.17) is 5.11 Å². The van der Waals surface area contributed by atoms with Gasteiger partial charge in [-0.3, -0.25) is 0 Å². The van der Waals surface area contributed by atoms with Gasteiger partial charge in [0.2, 0.25) is 0 Å². The van der Waals surface area contributed by atoms with E-state index in [-0.39, 0.29) is 11.6 Å². The molecule has 2 rings (SSSR count). The van der Waals surface area contributed by atoms with Crippen LogP contribution in [0.5, 0.6) is 0 Å². The van der Waals surface area contributed by atoms with E-state index in [1.54, 1.807) is 17.0 Å². The summed E-state index contributed by atoms with van der Waals surface area (Å²) in [5, 5.41) is 11.7. The van der Waals surface area contributed by atoms with Gasteiger partial charge in [-0.25, -0.2) is 9.59 Å². The number of nitrogens with one attached hydrogen (secondary N) is 1. The summed E-state index contributed by atoms with van der Waals surface area (Å²) in [5.41, 5.74) is 0.699. The molecule has 1 saturated heterocycles. The van der Waals surface area contributed by atoms with Crippen LogP contribution in [0.15, 0.2) is 24.3 Å². The van der Waals surface area contributed by atoms with Crippen LogP contribution < -0.4 is 5.32 Å². The molecule has 5 heteroatoms. The second-order valence-corrected chi connectivity index (χ2v) is 5.54. The molecule has 1 aliphatic heterocycles. The van der Waals surface area contributed by atoms with E-state index in [2.05, 4.69) is 12.2 Å². The highest BCUT2D eigenvalue weighted by molar-refractivity contribution is 5.93. The minimum Gasteiger partial charge on any atom is -0.478 e. The lowest BCUT2D eigenvalue weighted by atomic mass is 9.93. The maximum Gasteiger partial charge on any atom is 0.335 e. The fraction of sp³-hybridized carbons (Fsp3) is 0.500. The van der Waals surface area contributed by atoms with Crippen LogP contribution in [0.2, 0.25) is 0 Å². The number of hydrogen-bond acceptors (Lipinski definition) is 2. The number of rotatable bonds is 4. The lowest BCUT2D eigenvalue weighted by Gasteiger charge is -2.31. The number of carboxylic acid groups (broad SMARTS) is 1. The summed E-state index contributed by atoms with van der Waals surface area (Å²) in [5.74, 6) is -0.263. The molecule has 0 spiro atoms. The summed E-state index contributed by atoms with van der Waals surface area (Å²) in [6.45, 7) is 3.73. The lowest BCUT2D eigenvalue weighted by molar-refractivity contribution is 0.0697. The topological polar surface area (TPSA) is 69.6 Å². The standard InChI is InChI=1S/C16H22N2O3/c1-2-4-12-7-9-18(10-8-12)16(21)17-14-6-3-5-13(11-14)15(19)20/h3,5-6,11-12H,2,4,7-10H2,1H3,(H,17,21)(H,19,20). The van der Waals surface area contributed by atoms with Gasteiger partial charge in [0.05, 0.1) is 5.56 Å². The van der Waals surface area contributed by atoms with Crippen LogP contribution in [0, 0.1) is 5.92 Å². The Morgan fingerprint density at radius 2 is 2.05 bits per heavy atom. The number of carboxylic acids is 1. The number of carbonyl (C=O) groups excluding carboxylic acids is 1. The van der Waals surface area contributed by atoms with Crippen molar-refractivity contribution in [3.63, 3.8) is 0 Å².